The Morgan fingerprint density at radius 3 is 2.71 bits per heavy atom. The van der Waals surface area contributed by atoms with Crippen LogP contribution in [0.4, 0.5) is 20.4 Å². The first-order valence-corrected chi connectivity index (χ1v) is 6.01. The minimum absolute atomic E-state index is 0.0847. The van der Waals surface area contributed by atoms with Crippen LogP contribution in [-0.4, -0.2) is 11.0 Å². The van der Waals surface area contributed by atoms with Gasteiger partial charge < -0.3 is 11.1 Å². The van der Waals surface area contributed by atoms with Gasteiger partial charge in [0.25, 0.3) is 0 Å². The number of nitrogen functional groups attached to an aromatic ring is 1. The molecule has 2 bridgehead atoms. The molecule has 2 aliphatic carbocycles. The topological polar surface area (TPSA) is 50.9 Å². The Morgan fingerprint density at radius 1 is 1.24 bits per heavy atom. The van der Waals surface area contributed by atoms with Gasteiger partial charge in [-0.1, -0.05) is 6.42 Å². The lowest BCUT2D eigenvalue weighted by Gasteiger charge is -2.23. The molecule has 3 rings (SSSR count). The Bertz CT molecular complexity index is 450. The van der Waals surface area contributed by atoms with E-state index in [9.17, 15) is 8.78 Å². The number of aromatic nitrogens is 1. The molecular weight excluding hydrogens is 224 g/mol. The molecule has 0 aliphatic heterocycles. The second-order valence-electron chi connectivity index (χ2n) is 5.11. The van der Waals surface area contributed by atoms with Crippen molar-refractivity contribution >= 4 is 11.6 Å². The van der Waals surface area contributed by atoms with Crippen LogP contribution >= 0.6 is 0 Å². The number of rotatable bonds is 2. The van der Waals surface area contributed by atoms with Crippen molar-refractivity contribution in [3.63, 3.8) is 0 Å². The summed E-state index contributed by atoms with van der Waals surface area (Å²) in [4.78, 5) is 3.74. The van der Waals surface area contributed by atoms with Crippen LogP contribution in [0.5, 0.6) is 0 Å². The van der Waals surface area contributed by atoms with Crippen molar-refractivity contribution in [2.45, 2.75) is 31.7 Å². The van der Waals surface area contributed by atoms with Crippen molar-refractivity contribution in [2.75, 3.05) is 11.1 Å². The van der Waals surface area contributed by atoms with Crippen molar-refractivity contribution < 1.29 is 8.78 Å². The molecule has 5 heteroatoms. The Balaban J connectivity index is 1.79. The van der Waals surface area contributed by atoms with E-state index in [-0.39, 0.29) is 17.7 Å². The number of halogens is 2. The molecule has 3 nitrogen and oxygen atoms in total. The molecule has 0 amide bonds. The first-order chi connectivity index (χ1) is 8.13. The highest BCUT2D eigenvalue weighted by Gasteiger charge is 2.39. The molecule has 2 fully saturated rings. The average Bonchev–Trinajstić information content (AvgIpc) is 2.87. The molecule has 1 aromatic heterocycles. The molecule has 1 aromatic rings. The summed E-state index contributed by atoms with van der Waals surface area (Å²) < 4.78 is 26.5. The summed E-state index contributed by atoms with van der Waals surface area (Å²) in [5.74, 6) is -0.273. The van der Waals surface area contributed by atoms with E-state index >= 15 is 0 Å². The molecule has 1 heterocycles. The molecule has 0 saturated heterocycles. The Labute approximate surface area is 98.4 Å². The first kappa shape index (κ1) is 10.7. The van der Waals surface area contributed by atoms with Crippen LogP contribution in [0, 0.1) is 23.5 Å². The molecule has 92 valence electrons. The van der Waals surface area contributed by atoms with E-state index in [0.29, 0.717) is 5.92 Å². The maximum Gasteiger partial charge on any atom is 0.168 e. The maximum atomic E-state index is 13.5. The summed E-state index contributed by atoms with van der Waals surface area (Å²) >= 11 is 0. The minimum Gasteiger partial charge on any atom is -0.381 e. The van der Waals surface area contributed by atoms with E-state index in [0.717, 1.165) is 18.4 Å². The molecule has 0 radical (unpaired) electrons. The van der Waals surface area contributed by atoms with Crippen molar-refractivity contribution in [1.29, 1.82) is 0 Å². The Kier molecular flexibility index (Phi) is 2.42. The number of hydrogen-bond acceptors (Lipinski definition) is 3. The van der Waals surface area contributed by atoms with Crippen LogP contribution in [0.2, 0.25) is 0 Å². The normalized spacial score (nSPS) is 30.8. The third-order valence-electron chi connectivity index (χ3n) is 4.02. The van der Waals surface area contributed by atoms with Gasteiger partial charge in [0.2, 0.25) is 0 Å². The predicted molar refractivity (Wildman–Crippen MR) is 61.4 cm³/mol. The third kappa shape index (κ3) is 1.83. The highest BCUT2D eigenvalue weighted by molar-refractivity contribution is 5.45. The largest absolute Gasteiger partial charge is 0.381 e. The summed E-state index contributed by atoms with van der Waals surface area (Å²) in [5.41, 5.74) is 5.35. The van der Waals surface area contributed by atoms with Gasteiger partial charge in [-0.2, -0.15) is 0 Å². The molecule has 0 spiro atoms. The van der Waals surface area contributed by atoms with Gasteiger partial charge in [-0.15, -0.1) is 0 Å². The van der Waals surface area contributed by atoms with Crippen LogP contribution in [0.3, 0.4) is 0 Å². The lowest BCUT2D eigenvalue weighted by atomic mass is 9.95. The Hall–Kier alpha value is -1.39. The standard InChI is InChI=1S/C12H15F2N3/c13-8-5-9(14)12(17-11(8)15)16-10-4-6-1-2-7(10)3-6/h5-7,10H,1-4H2,(H3,15,16,17). The predicted octanol–water partition coefficient (Wildman–Crippen LogP) is 2.54. The number of nitrogens with zero attached hydrogens (tertiary/aromatic N) is 1. The average molecular weight is 239 g/mol. The van der Waals surface area contributed by atoms with Crippen LogP contribution in [0.25, 0.3) is 0 Å². The van der Waals surface area contributed by atoms with Crippen LogP contribution in [0.15, 0.2) is 6.07 Å². The van der Waals surface area contributed by atoms with Gasteiger partial charge in [-0.3, -0.25) is 0 Å². The molecular formula is C12H15F2N3. The van der Waals surface area contributed by atoms with Gasteiger partial charge in [0.05, 0.1) is 0 Å². The van der Waals surface area contributed by atoms with E-state index in [2.05, 4.69) is 10.3 Å². The molecule has 17 heavy (non-hydrogen) atoms. The summed E-state index contributed by atoms with van der Waals surface area (Å²) in [5, 5.41) is 3.08. The van der Waals surface area contributed by atoms with Crippen LogP contribution in [0.1, 0.15) is 25.7 Å². The molecule has 2 saturated carbocycles. The van der Waals surface area contributed by atoms with Crippen molar-refractivity contribution in [3.8, 4) is 0 Å². The molecule has 3 atom stereocenters. The number of nitrogens with two attached hydrogens (primary N) is 1. The SMILES string of the molecule is Nc1nc(NC2CC3CCC2C3)c(F)cc1F. The summed E-state index contributed by atoms with van der Waals surface area (Å²) in [6.07, 6.45) is 4.75. The highest BCUT2D eigenvalue weighted by Crippen LogP contribution is 2.45. The lowest BCUT2D eigenvalue weighted by Crippen LogP contribution is -2.27. The summed E-state index contributed by atoms with van der Waals surface area (Å²) in [6, 6.07) is 1.05. The second-order valence-corrected chi connectivity index (χ2v) is 5.11. The van der Waals surface area contributed by atoms with Crippen molar-refractivity contribution in [3.05, 3.63) is 17.7 Å². The third-order valence-corrected chi connectivity index (χ3v) is 4.02. The van der Waals surface area contributed by atoms with E-state index in [1.54, 1.807) is 0 Å². The van der Waals surface area contributed by atoms with Crippen molar-refractivity contribution in [1.82, 2.24) is 4.98 Å². The number of fused-ring (bicyclic) bond motifs is 2. The zero-order valence-corrected chi connectivity index (χ0v) is 9.42. The highest BCUT2D eigenvalue weighted by atomic mass is 19.1. The second kappa shape index (κ2) is 3.82. The lowest BCUT2D eigenvalue weighted by molar-refractivity contribution is 0.436. The quantitative estimate of drug-likeness (QED) is 0.833. The van der Waals surface area contributed by atoms with Crippen LogP contribution < -0.4 is 11.1 Å². The first-order valence-electron chi connectivity index (χ1n) is 6.01. The van der Waals surface area contributed by atoms with Gasteiger partial charge in [-0.25, -0.2) is 13.8 Å². The summed E-state index contributed by atoms with van der Waals surface area (Å²) in [6.45, 7) is 0. The van der Waals surface area contributed by atoms with E-state index < -0.39 is 11.6 Å². The van der Waals surface area contributed by atoms with E-state index in [1.807, 2.05) is 0 Å². The van der Waals surface area contributed by atoms with Crippen molar-refractivity contribution in [2.24, 2.45) is 11.8 Å². The maximum absolute atomic E-state index is 13.5. The van der Waals surface area contributed by atoms with E-state index in [1.165, 1.54) is 19.3 Å². The monoisotopic (exact) mass is 239 g/mol. The van der Waals surface area contributed by atoms with Gasteiger partial charge in [-0.05, 0) is 31.1 Å². The zero-order valence-electron chi connectivity index (χ0n) is 9.42. The van der Waals surface area contributed by atoms with Gasteiger partial charge >= 0.3 is 0 Å². The van der Waals surface area contributed by atoms with E-state index in [4.69, 9.17) is 5.73 Å². The van der Waals surface area contributed by atoms with Crippen LogP contribution in [-0.2, 0) is 0 Å². The number of anilines is 2. The van der Waals surface area contributed by atoms with Gasteiger partial charge in [0.1, 0.15) is 0 Å². The number of pyridine rings is 1. The van der Waals surface area contributed by atoms with Gasteiger partial charge in [0, 0.05) is 12.1 Å². The molecule has 0 aromatic carbocycles. The molecule has 3 unspecified atom stereocenters. The van der Waals surface area contributed by atoms with Gasteiger partial charge in [0.15, 0.2) is 23.3 Å². The zero-order chi connectivity index (χ0) is 12.0. The molecule has 3 N–H and O–H groups in total. The number of nitrogens with one attached hydrogen (secondary N) is 1. The fourth-order valence-electron chi connectivity index (χ4n) is 3.18. The minimum atomic E-state index is -0.805. The Morgan fingerprint density at radius 2 is 2.06 bits per heavy atom. The fraction of sp³-hybridized carbons (Fsp3) is 0.583. The smallest absolute Gasteiger partial charge is 0.168 e. The number of hydrogen-bond donors (Lipinski definition) is 2. The molecule has 2 aliphatic rings. The summed E-state index contributed by atoms with van der Waals surface area (Å²) in [7, 11) is 0. The fourth-order valence-corrected chi connectivity index (χ4v) is 3.18.